The number of carbonyl (C=O) groups is 3. The SMILES string of the molecule is CCC(C)C(=O)N(C=O)CC1CCC(C(C)=O)CC1. The van der Waals surface area contributed by atoms with Gasteiger partial charge in [0.15, 0.2) is 0 Å². The van der Waals surface area contributed by atoms with Crippen LogP contribution in [0.5, 0.6) is 0 Å². The van der Waals surface area contributed by atoms with Gasteiger partial charge in [-0.3, -0.25) is 19.3 Å². The smallest absolute Gasteiger partial charge is 0.231 e. The summed E-state index contributed by atoms with van der Waals surface area (Å²) in [7, 11) is 0. The van der Waals surface area contributed by atoms with Crippen LogP contribution in [0, 0.1) is 17.8 Å². The molecule has 0 spiro atoms. The maximum atomic E-state index is 12.0. The van der Waals surface area contributed by atoms with Gasteiger partial charge in [0.1, 0.15) is 5.78 Å². The molecule has 0 aliphatic heterocycles. The first-order valence-electron chi connectivity index (χ1n) is 7.25. The number of Topliss-reactive ketones (excluding diaryl/α,β-unsaturated/α-hetero) is 1. The molecule has 4 heteroatoms. The van der Waals surface area contributed by atoms with Gasteiger partial charge in [-0.1, -0.05) is 13.8 Å². The van der Waals surface area contributed by atoms with Crippen molar-refractivity contribution in [2.75, 3.05) is 6.54 Å². The molecule has 1 atom stereocenters. The Labute approximate surface area is 115 Å². The number of imide groups is 1. The van der Waals surface area contributed by atoms with E-state index in [9.17, 15) is 14.4 Å². The molecule has 1 aliphatic rings. The highest BCUT2D eigenvalue weighted by atomic mass is 16.2. The Balaban J connectivity index is 2.48. The Bertz CT molecular complexity index is 332. The zero-order chi connectivity index (χ0) is 14.4. The fourth-order valence-corrected chi connectivity index (χ4v) is 2.67. The molecule has 1 fully saturated rings. The van der Waals surface area contributed by atoms with Gasteiger partial charge in [-0.05, 0) is 44.9 Å². The van der Waals surface area contributed by atoms with E-state index in [0.717, 1.165) is 32.1 Å². The minimum absolute atomic E-state index is 0.0776. The number of hydrogen-bond acceptors (Lipinski definition) is 3. The molecule has 19 heavy (non-hydrogen) atoms. The van der Waals surface area contributed by atoms with Gasteiger partial charge in [-0.25, -0.2) is 0 Å². The Kier molecular flexibility index (Phi) is 6.19. The molecule has 108 valence electrons. The summed E-state index contributed by atoms with van der Waals surface area (Å²) in [6.07, 6.45) is 5.06. The van der Waals surface area contributed by atoms with Crippen molar-refractivity contribution < 1.29 is 14.4 Å². The summed E-state index contributed by atoms with van der Waals surface area (Å²) in [5.41, 5.74) is 0. The Hall–Kier alpha value is -1.19. The Morgan fingerprint density at radius 2 is 1.84 bits per heavy atom. The highest BCUT2D eigenvalue weighted by Crippen LogP contribution is 2.29. The Morgan fingerprint density at radius 1 is 1.26 bits per heavy atom. The largest absolute Gasteiger partial charge is 0.300 e. The number of amides is 2. The lowest BCUT2D eigenvalue weighted by Gasteiger charge is -2.30. The van der Waals surface area contributed by atoms with Crippen molar-refractivity contribution >= 4 is 18.1 Å². The molecule has 0 N–H and O–H groups in total. The lowest BCUT2D eigenvalue weighted by atomic mass is 9.80. The molecule has 0 aromatic carbocycles. The summed E-state index contributed by atoms with van der Waals surface area (Å²) in [5.74, 6) is 0.631. The van der Waals surface area contributed by atoms with Crippen LogP contribution in [0.2, 0.25) is 0 Å². The second-order valence-corrected chi connectivity index (χ2v) is 5.73. The fourth-order valence-electron chi connectivity index (χ4n) is 2.67. The topological polar surface area (TPSA) is 54.5 Å². The molecule has 0 aromatic heterocycles. The van der Waals surface area contributed by atoms with E-state index in [1.807, 2.05) is 13.8 Å². The molecule has 1 saturated carbocycles. The standard InChI is InChI=1S/C15H25NO3/c1-4-11(2)15(19)16(10-17)9-13-5-7-14(8-6-13)12(3)18/h10-11,13-14H,4-9H2,1-3H3. The number of carbonyl (C=O) groups excluding carboxylic acids is 3. The van der Waals surface area contributed by atoms with E-state index in [-0.39, 0.29) is 23.5 Å². The third-order valence-corrected chi connectivity index (χ3v) is 4.32. The summed E-state index contributed by atoms with van der Waals surface area (Å²) in [4.78, 5) is 35.7. The van der Waals surface area contributed by atoms with Crippen LogP contribution in [0.1, 0.15) is 52.9 Å². The van der Waals surface area contributed by atoms with Gasteiger partial charge in [-0.15, -0.1) is 0 Å². The molecule has 0 radical (unpaired) electrons. The lowest BCUT2D eigenvalue weighted by Crippen LogP contribution is -2.38. The highest BCUT2D eigenvalue weighted by molar-refractivity contribution is 5.87. The van der Waals surface area contributed by atoms with Crippen LogP contribution in [-0.2, 0) is 14.4 Å². The van der Waals surface area contributed by atoms with Gasteiger partial charge in [0.2, 0.25) is 12.3 Å². The first kappa shape index (κ1) is 15.9. The van der Waals surface area contributed by atoms with Crippen LogP contribution in [0.25, 0.3) is 0 Å². The quantitative estimate of drug-likeness (QED) is 0.694. The lowest BCUT2D eigenvalue weighted by molar-refractivity contribution is -0.142. The van der Waals surface area contributed by atoms with Crippen molar-refractivity contribution in [2.45, 2.75) is 52.9 Å². The van der Waals surface area contributed by atoms with E-state index in [1.165, 1.54) is 4.90 Å². The van der Waals surface area contributed by atoms with Gasteiger partial charge in [0, 0.05) is 18.4 Å². The van der Waals surface area contributed by atoms with Crippen molar-refractivity contribution in [3.8, 4) is 0 Å². The average molecular weight is 267 g/mol. The van der Waals surface area contributed by atoms with Crippen LogP contribution in [-0.4, -0.2) is 29.5 Å². The predicted molar refractivity (Wildman–Crippen MR) is 73.4 cm³/mol. The highest BCUT2D eigenvalue weighted by Gasteiger charge is 2.27. The van der Waals surface area contributed by atoms with Gasteiger partial charge >= 0.3 is 0 Å². The van der Waals surface area contributed by atoms with Crippen molar-refractivity contribution in [2.24, 2.45) is 17.8 Å². The first-order chi connectivity index (χ1) is 8.99. The normalized spacial score (nSPS) is 24.6. The van der Waals surface area contributed by atoms with Crippen LogP contribution in [0.15, 0.2) is 0 Å². The third kappa shape index (κ3) is 4.44. The Morgan fingerprint density at radius 3 is 2.26 bits per heavy atom. The van der Waals surface area contributed by atoms with Gasteiger partial charge in [0.05, 0.1) is 0 Å². The van der Waals surface area contributed by atoms with Crippen molar-refractivity contribution in [3.63, 3.8) is 0 Å². The molecular weight excluding hydrogens is 242 g/mol. The predicted octanol–water partition coefficient (Wildman–Crippen LogP) is 2.41. The van der Waals surface area contributed by atoms with E-state index >= 15 is 0 Å². The molecule has 1 aliphatic carbocycles. The van der Waals surface area contributed by atoms with Crippen molar-refractivity contribution in [3.05, 3.63) is 0 Å². The second-order valence-electron chi connectivity index (χ2n) is 5.73. The molecule has 0 saturated heterocycles. The maximum absolute atomic E-state index is 12.0. The molecule has 2 amide bonds. The number of hydrogen-bond donors (Lipinski definition) is 0. The molecule has 0 bridgehead atoms. The third-order valence-electron chi connectivity index (χ3n) is 4.32. The molecule has 1 unspecified atom stereocenters. The van der Waals surface area contributed by atoms with E-state index in [2.05, 4.69) is 0 Å². The summed E-state index contributed by atoms with van der Waals surface area (Å²) in [6, 6.07) is 0. The summed E-state index contributed by atoms with van der Waals surface area (Å²) in [5, 5.41) is 0. The van der Waals surface area contributed by atoms with Crippen LogP contribution >= 0.6 is 0 Å². The van der Waals surface area contributed by atoms with Crippen LogP contribution in [0.3, 0.4) is 0 Å². The number of nitrogens with zero attached hydrogens (tertiary/aromatic N) is 1. The zero-order valence-electron chi connectivity index (χ0n) is 12.2. The number of ketones is 1. The maximum Gasteiger partial charge on any atom is 0.231 e. The van der Waals surface area contributed by atoms with Gasteiger partial charge in [-0.2, -0.15) is 0 Å². The number of rotatable bonds is 6. The summed E-state index contributed by atoms with van der Waals surface area (Å²) >= 11 is 0. The van der Waals surface area contributed by atoms with Gasteiger partial charge < -0.3 is 0 Å². The van der Waals surface area contributed by atoms with Crippen molar-refractivity contribution in [1.29, 1.82) is 0 Å². The van der Waals surface area contributed by atoms with Crippen LogP contribution < -0.4 is 0 Å². The minimum Gasteiger partial charge on any atom is -0.300 e. The van der Waals surface area contributed by atoms with Crippen molar-refractivity contribution in [1.82, 2.24) is 4.90 Å². The molecule has 1 rings (SSSR count). The minimum atomic E-state index is -0.0984. The van der Waals surface area contributed by atoms with E-state index in [1.54, 1.807) is 6.92 Å². The monoisotopic (exact) mass is 267 g/mol. The summed E-state index contributed by atoms with van der Waals surface area (Å²) in [6.45, 7) is 5.96. The molecular formula is C15H25NO3. The zero-order valence-corrected chi connectivity index (χ0v) is 12.2. The molecule has 4 nitrogen and oxygen atoms in total. The second kappa shape index (κ2) is 7.41. The summed E-state index contributed by atoms with van der Waals surface area (Å²) < 4.78 is 0. The average Bonchev–Trinajstić information content (AvgIpc) is 2.43. The van der Waals surface area contributed by atoms with Crippen LogP contribution in [0.4, 0.5) is 0 Å². The van der Waals surface area contributed by atoms with E-state index in [4.69, 9.17) is 0 Å². The van der Waals surface area contributed by atoms with Gasteiger partial charge in [0.25, 0.3) is 0 Å². The fraction of sp³-hybridized carbons (Fsp3) is 0.800. The first-order valence-corrected chi connectivity index (χ1v) is 7.25. The van der Waals surface area contributed by atoms with E-state index < -0.39 is 0 Å². The molecule has 0 heterocycles. The van der Waals surface area contributed by atoms with E-state index in [0.29, 0.717) is 18.9 Å². The molecule has 0 aromatic rings.